The van der Waals surface area contributed by atoms with Crippen LogP contribution in [0.5, 0.6) is 11.5 Å². The third kappa shape index (κ3) is 5.95. The molecule has 3 rings (SSSR count). The Bertz CT molecular complexity index is 1070. The molecule has 3 N–H and O–H groups in total. The van der Waals surface area contributed by atoms with Gasteiger partial charge in [-0.1, -0.05) is 39.3 Å². The van der Waals surface area contributed by atoms with Crippen LogP contribution in [-0.4, -0.2) is 47.4 Å². The average Bonchev–Trinajstić information content (AvgIpc) is 2.76. The Morgan fingerprint density at radius 3 is 2.47 bits per heavy atom. The van der Waals surface area contributed by atoms with Gasteiger partial charge >= 0.3 is 0 Å². The normalized spacial score (nSPS) is 17.1. The van der Waals surface area contributed by atoms with E-state index in [1.54, 1.807) is 12.1 Å². The molecule has 0 saturated heterocycles. The second kappa shape index (κ2) is 11.0. The maximum absolute atomic E-state index is 15.1. The van der Waals surface area contributed by atoms with Gasteiger partial charge in [-0.3, -0.25) is 4.79 Å². The quantitative estimate of drug-likeness (QED) is 0.441. The summed E-state index contributed by atoms with van der Waals surface area (Å²) in [6, 6.07) is 8.06. The molecule has 1 aliphatic rings. The number of nitrogens with zero attached hydrogens (tertiary/aromatic N) is 2. The predicted molar refractivity (Wildman–Crippen MR) is 133 cm³/mol. The highest BCUT2D eigenvalue weighted by Crippen LogP contribution is 2.36. The molecule has 0 aromatic heterocycles. The second-order valence-corrected chi connectivity index (χ2v) is 9.86. The summed E-state index contributed by atoms with van der Waals surface area (Å²) in [7, 11) is 4.09. The molecule has 7 heteroatoms. The fourth-order valence-corrected chi connectivity index (χ4v) is 4.45. The van der Waals surface area contributed by atoms with Crippen LogP contribution >= 0.6 is 0 Å². The number of rotatable bonds is 9. The van der Waals surface area contributed by atoms with Crippen LogP contribution < -0.4 is 5.43 Å². The fraction of sp³-hybridized carbons (Fsp3) is 0.481. The summed E-state index contributed by atoms with van der Waals surface area (Å²) in [6.07, 6.45) is 3.23. The van der Waals surface area contributed by atoms with Crippen molar-refractivity contribution in [1.29, 1.82) is 0 Å². The first-order valence-electron chi connectivity index (χ1n) is 11.9. The number of phenols is 2. The molecule has 2 atom stereocenters. The molecular weight excluding hydrogens is 433 g/mol. The maximum Gasteiger partial charge on any atom is 0.248 e. The van der Waals surface area contributed by atoms with E-state index in [4.69, 9.17) is 0 Å². The molecule has 0 radical (unpaired) electrons. The summed E-state index contributed by atoms with van der Waals surface area (Å²) < 4.78 is 15.1. The summed E-state index contributed by atoms with van der Waals surface area (Å²) in [5.74, 6) is -1.19. The van der Waals surface area contributed by atoms with E-state index < -0.39 is 5.92 Å². The van der Waals surface area contributed by atoms with Crippen molar-refractivity contribution in [3.8, 4) is 11.5 Å². The van der Waals surface area contributed by atoms with Crippen LogP contribution in [0.4, 0.5) is 4.39 Å². The van der Waals surface area contributed by atoms with Gasteiger partial charge in [0.15, 0.2) is 0 Å². The summed E-state index contributed by atoms with van der Waals surface area (Å²) in [4.78, 5) is 14.7. The number of hydrazone groups is 1. The first-order chi connectivity index (χ1) is 16.1. The molecule has 0 spiro atoms. The van der Waals surface area contributed by atoms with Crippen molar-refractivity contribution in [3.05, 3.63) is 58.4 Å². The van der Waals surface area contributed by atoms with Crippen LogP contribution in [0, 0.1) is 5.82 Å². The standard InChI is InChI=1S/C27H36FN3O3/c1-16(2)20-13-22(26(33)15-25(20)32)24-14-21(27(34)30-29-24)18-9-10-19(23(28)12-18)17(3)8-6-7-11-31(4)5/h9-10,12-13,15-17,21,32-33H,6-8,11,14H2,1-5H3,(H,30,34). The fourth-order valence-electron chi connectivity index (χ4n) is 4.45. The number of aromatic hydroxyl groups is 2. The summed E-state index contributed by atoms with van der Waals surface area (Å²) in [6.45, 7) is 6.93. The average molecular weight is 470 g/mol. The first-order valence-corrected chi connectivity index (χ1v) is 11.9. The van der Waals surface area contributed by atoms with Crippen molar-refractivity contribution < 1.29 is 19.4 Å². The van der Waals surface area contributed by atoms with Crippen LogP contribution in [-0.2, 0) is 4.79 Å². The van der Waals surface area contributed by atoms with Crippen molar-refractivity contribution in [2.24, 2.45) is 5.10 Å². The number of carbonyl (C=O) groups is 1. The molecule has 6 nitrogen and oxygen atoms in total. The van der Waals surface area contributed by atoms with E-state index in [9.17, 15) is 15.0 Å². The lowest BCUT2D eigenvalue weighted by Crippen LogP contribution is -2.33. The lowest BCUT2D eigenvalue weighted by molar-refractivity contribution is -0.122. The number of hydrogen-bond acceptors (Lipinski definition) is 5. The van der Waals surface area contributed by atoms with Crippen molar-refractivity contribution in [2.45, 2.75) is 64.2 Å². The predicted octanol–water partition coefficient (Wildman–Crippen LogP) is 5.20. The van der Waals surface area contributed by atoms with Crippen LogP contribution in [0.1, 0.15) is 86.5 Å². The molecule has 2 unspecified atom stereocenters. The van der Waals surface area contributed by atoms with Crippen molar-refractivity contribution in [1.82, 2.24) is 10.3 Å². The van der Waals surface area contributed by atoms with E-state index in [0.29, 0.717) is 28.0 Å². The summed E-state index contributed by atoms with van der Waals surface area (Å²) in [5.41, 5.74) is 5.38. The molecule has 0 aliphatic carbocycles. The molecule has 184 valence electrons. The molecule has 1 amide bonds. The first kappa shape index (κ1) is 25.7. The smallest absolute Gasteiger partial charge is 0.248 e. The Labute approximate surface area is 201 Å². The lowest BCUT2D eigenvalue weighted by Gasteiger charge is -2.24. The Balaban J connectivity index is 1.78. The lowest BCUT2D eigenvalue weighted by atomic mass is 9.86. The Morgan fingerprint density at radius 1 is 1.09 bits per heavy atom. The molecule has 1 heterocycles. The minimum absolute atomic E-state index is 0.0155. The molecule has 2 aromatic rings. The van der Waals surface area contributed by atoms with Gasteiger partial charge < -0.3 is 15.1 Å². The van der Waals surface area contributed by atoms with Gasteiger partial charge in [0.25, 0.3) is 0 Å². The number of nitrogens with one attached hydrogen (secondary N) is 1. The van der Waals surface area contributed by atoms with E-state index in [2.05, 4.69) is 15.4 Å². The highest BCUT2D eigenvalue weighted by molar-refractivity contribution is 6.08. The number of benzene rings is 2. The molecular formula is C27H36FN3O3. The van der Waals surface area contributed by atoms with Gasteiger partial charge in [-0.2, -0.15) is 5.10 Å². The third-order valence-corrected chi connectivity index (χ3v) is 6.54. The van der Waals surface area contributed by atoms with Gasteiger partial charge in [-0.15, -0.1) is 0 Å². The van der Waals surface area contributed by atoms with Crippen molar-refractivity contribution >= 4 is 11.6 Å². The number of hydrogen-bond donors (Lipinski definition) is 3. The van der Waals surface area contributed by atoms with Crippen molar-refractivity contribution in [2.75, 3.05) is 20.6 Å². The number of amides is 1. The maximum atomic E-state index is 15.1. The largest absolute Gasteiger partial charge is 0.508 e. The number of phenolic OH excluding ortho intramolecular Hbond substituents is 2. The van der Waals surface area contributed by atoms with Gasteiger partial charge in [0.05, 0.1) is 11.6 Å². The zero-order valence-corrected chi connectivity index (χ0v) is 20.7. The van der Waals surface area contributed by atoms with E-state index in [0.717, 1.165) is 25.8 Å². The second-order valence-electron chi connectivity index (χ2n) is 9.86. The van der Waals surface area contributed by atoms with Crippen LogP contribution in [0.25, 0.3) is 0 Å². The topological polar surface area (TPSA) is 85.2 Å². The Hall–Kier alpha value is -2.93. The van der Waals surface area contributed by atoms with E-state index >= 15 is 4.39 Å². The highest BCUT2D eigenvalue weighted by Gasteiger charge is 2.30. The summed E-state index contributed by atoms with van der Waals surface area (Å²) >= 11 is 0. The molecule has 0 fully saturated rings. The van der Waals surface area contributed by atoms with Gasteiger partial charge in [0, 0.05) is 18.1 Å². The third-order valence-electron chi connectivity index (χ3n) is 6.54. The molecule has 34 heavy (non-hydrogen) atoms. The SMILES string of the molecule is CC(C)c1cc(C2=NNC(=O)C(c3ccc(C(C)CCCCN(C)C)c(F)c3)C2)c(O)cc1O. The number of unbranched alkanes of at least 4 members (excludes halogenated alkanes) is 1. The van der Waals surface area contributed by atoms with Crippen molar-refractivity contribution in [3.63, 3.8) is 0 Å². The van der Waals surface area contributed by atoms with E-state index in [1.165, 1.54) is 12.1 Å². The van der Waals surface area contributed by atoms with Crippen LogP contribution in [0.15, 0.2) is 35.4 Å². The molecule has 1 aliphatic heterocycles. The zero-order valence-electron chi connectivity index (χ0n) is 20.7. The van der Waals surface area contributed by atoms with Gasteiger partial charge in [-0.25, -0.2) is 9.82 Å². The zero-order chi connectivity index (χ0) is 25.0. The van der Waals surface area contributed by atoms with Gasteiger partial charge in [-0.05, 0) is 74.1 Å². The Kier molecular flexibility index (Phi) is 8.31. The van der Waals surface area contributed by atoms with E-state index in [-0.39, 0.29) is 41.5 Å². The molecule has 0 bridgehead atoms. The monoisotopic (exact) mass is 469 g/mol. The highest BCUT2D eigenvalue weighted by atomic mass is 19.1. The molecule has 0 saturated carbocycles. The van der Waals surface area contributed by atoms with Gasteiger partial charge in [0.1, 0.15) is 17.3 Å². The van der Waals surface area contributed by atoms with Crippen LogP contribution in [0.2, 0.25) is 0 Å². The van der Waals surface area contributed by atoms with E-state index in [1.807, 2.05) is 40.9 Å². The minimum atomic E-state index is -0.623. The minimum Gasteiger partial charge on any atom is -0.508 e. The van der Waals surface area contributed by atoms with Gasteiger partial charge in [0.2, 0.25) is 5.91 Å². The number of halogens is 1. The number of carbonyl (C=O) groups excluding carboxylic acids is 1. The van der Waals surface area contributed by atoms with Crippen LogP contribution in [0.3, 0.4) is 0 Å². The summed E-state index contributed by atoms with van der Waals surface area (Å²) in [5, 5.41) is 24.7. The molecule has 2 aromatic carbocycles. The Morgan fingerprint density at radius 2 is 1.82 bits per heavy atom.